The number of nitrogens with zero attached hydrogens (tertiary/aromatic N) is 2. The Morgan fingerprint density at radius 1 is 1.38 bits per heavy atom. The largest absolute Gasteiger partial charge is 0.382 e. The van der Waals surface area contributed by atoms with Crippen molar-refractivity contribution in [3.8, 4) is 0 Å². The van der Waals surface area contributed by atoms with Crippen molar-refractivity contribution < 1.29 is 8.42 Å². The quantitative estimate of drug-likeness (QED) is 0.875. The first-order chi connectivity index (χ1) is 10.00. The summed E-state index contributed by atoms with van der Waals surface area (Å²) in [7, 11) is -3.36. The van der Waals surface area contributed by atoms with Gasteiger partial charge in [0.2, 0.25) is 0 Å². The van der Waals surface area contributed by atoms with Crippen molar-refractivity contribution in [3.63, 3.8) is 0 Å². The van der Waals surface area contributed by atoms with Crippen LogP contribution in [0.3, 0.4) is 0 Å². The summed E-state index contributed by atoms with van der Waals surface area (Å²) in [5.41, 5.74) is 6.80. The van der Waals surface area contributed by atoms with Crippen LogP contribution in [0.15, 0.2) is 29.4 Å². The maximum Gasteiger partial charge on any atom is 0.187 e. The highest BCUT2D eigenvalue weighted by atomic mass is 32.2. The second-order valence-electron chi connectivity index (χ2n) is 5.12. The van der Waals surface area contributed by atoms with Crippen LogP contribution >= 0.6 is 11.5 Å². The molecule has 1 aliphatic carbocycles. The lowest BCUT2D eigenvalue weighted by Crippen LogP contribution is -2.13. The Morgan fingerprint density at radius 3 is 2.67 bits per heavy atom. The molecule has 1 saturated carbocycles. The van der Waals surface area contributed by atoms with Gasteiger partial charge in [0.25, 0.3) is 0 Å². The third kappa shape index (κ3) is 2.73. The van der Waals surface area contributed by atoms with E-state index in [0.717, 1.165) is 17.1 Å². The molecule has 112 valence electrons. The van der Waals surface area contributed by atoms with E-state index in [9.17, 15) is 8.42 Å². The molecule has 0 aromatic carbocycles. The van der Waals surface area contributed by atoms with Crippen LogP contribution in [-0.2, 0) is 9.84 Å². The van der Waals surface area contributed by atoms with Crippen molar-refractivity contribution in [2.24, 2.45) is 0 Å². The van der Waals surface area contributed by atoms with Gasteiger partial charge in [-0.15, -0.1) is 0 Å². The van der Waals surface area contributed by atoms with E-state index in [2.05, 4.69) is 14.7 Å². The van der Waals surface area contributed by atoms with E-state index < -0.39 is 9.84 Å². The fourth-order valence-electron chi connectivity index (χ4n) is 2.14. The Hall–Kier alpha value is -1.67. The Balaban J connectivity index is 1.90. The predicted molar refractivity (Wildman–Crippen MR) is 83.0 cm³/mol. The summed E-state index contributed by atoms with van der Waals surface area (Å²) in [6.07, 6.45) is 4.82. The number of hydrogen-bond donors (Lipinski definition) is 2. The average molecular weight is 324 g/mol. The standard InChI is InChI=1S/C13H16N4O2S2/c1-8(9-4-6-15-7-5-9)16-13-11(12(14)17-20-13)21(18,19)10-2-3-10/h4-8,10,16H,2-3H2,1H3,(H2,14,17). The Kier molecular flexibility index (Phi) is 3.58. The monoisotopic (exact) mass is 324 g/mol. The fraction of sp³-hybridized carbons (Fsp3) is 0.385. The van der Waals surface area contributed by atoms with E-state index in [1.807, 2.05) is 19.1 Å². The van der Waals surface area contributed by atoms with Crippen LogP contribution < -0.4 is 11.1 Å². The van der Waals surface area contributed by atoms with Crippen molar-refractivity contribution in [1.82, 2.24) is 9.36 Å². The molecule has 1 aliphatic rings. The van der Waals surface area contributed by atoms with Gasteiger partial charge in [-0.05, 0) is 49.0 Å². The van der Waals surface area contributed by atoms with E-state index in [1.54, 1.807) is 12.4 Å². The van der Waals surface area contributed by atoms with Gasteiger partial charge in [0, 0.05) is 18.4 Å². The highest BCUT2D eigenvalue weighted by molar-refractivity contribution is 7.92. The van der Waals surface area contributed by atoms with Crippen LogP contribution in [0.2, 0.25) is 0 Å². The lowest BCUT2D eigenvalue weighted by molar-refractivity contribution is 0.595. The predicted octanol–water partition coefficient (Wildman–Crippen LogP) is 2.23. The maximum absolute atomic E-state index is 12.5. The molecular weight excluding hydrogens is 308 g/mol. The first-order valence-electron chi connectivity index (χ1n) is 6.65. The van der Waals surface area contributed by atoms with Gasteiger partial charge >= 0.3 is 0 Å². The zero-order valence-electron chi connectivity index (χ0n) is 11.5. The Labute approximate surface area is 127 Å². The minimum atomic E-state index is -3.36. The van der Waals surface area contributed by atoms with Crippen LogP contribution in [0.1, 0.15) is 31.4 Å². The smallest absolute Gasteiger partial charge is 0.187 e. The molecule has 0 bridgehead atoms. The van der Waals surface area contributed by atoms with Crippen molar-refractivity contribution in [3.05, 3.63) is 30.1 Å². The van der Waals surface area contributed by atoms with Crippen LogP contribution in [0.4, 0.5) is 10.8 Å². The lowest BCUT2D eigenvalue weighted by atomic mass is 10.1. The maximum atomic E-state index is 12.5. The molecule has 1 fully saturated rings. The van der Waals surface area contributed by atoms with Gasteiger partial charge in [-0.3, -0.25) is 4.98 Å². The van der Waals surface area contributed by atoms with Crippen molar-refractivity contribution >= 4 is 32.2 Å². The molecule has 0 aliphatic heterocycles. The van der Waals surface area contributed by atoms with Gasteiger partial charge in [0.1, 0.15) is 9.90 Å². The van der Waals surface area contributed by atoms with E-state index in [4.69, 9.17) is 5.73 Å². The minimum Gasteiger partial charge on any atom is -0.382 e. The van der Waals surface area contributed by atoms with Crippen LogP contribution in [0.5, 0.6) is 0 Å². The number of nitrogens with two attached hydrogens (primary N) is 1. The van der Waals surface area contributed by atoms with E-state index in [1.165, 1.54) is 0 Å². The molecule has 6 nitrogen and oxygen atoms in total. The SMILES string of the molecule is CC(Nc1snc(N)c1S(=O)(=O)C1CC1)c1ccncc1. The van der Waals surface area contributed by atoms with Gasteiger partial charge in [0.15, 0.2) is 15.7 Å². The van der Waals surface area contributed by atoms with E-state index in [-0.39, 0.29) is 22.0 Å². The fourth-order valence-corrected chi connectivity index (χ4v) is 5.10. The molecule has 2 aromatic rings. The molecule has 3 N–H and O–H groups in total. The second-order valence-corrected chi connectivity index (χ2v) is 8.06. The number of aromatic nitrogens is 2. The van der Waals surface area contributed by atoms with Crippen LogP contribution in [0.25, 0.3) is 0 Å². The lowest BCUT2D eigenvalue weighted by Gasteiger charge is -2.15. The molecule has 2 heterocycles. The summed E-state index contributed by atoms with van der Waals surface area (Å²) in [5, 5.41) is 3.42. The summed E-state index contributed by atoms with van der Waals surface area (Å²) in [4.78, 5) is 4.14. The number of nitrogen functional groups attached to an aromatic ring is 1. The topological polar surface area (TPSA) is 98.0 Å². The van der Waals surface area contributed by atoms with Crippen molar-refractivity contribution in [2.75, 3.05) is 11.1 Å². The summed E-state index contributed by atoms with van der Waals surface area (Å²) in [6.45, 7) is 1.96. The number of sulfone groups is 1. The molecule has 2 aromatic heterocycles. The first kappa shape index (κ1) is 14.3. The molecule has 21 heavy (non-hydrogen) atoms. The molecular formula is C13H16N4O2S2. The number of rotatable bonds is 5. The van der Waals surface area contributed by atoms with Gasteiger partial charge in [-0.25, -0.2) is 8.42 Å². The summed E-state index contributed by atoms with van der Waals surface area (Å²) >= 11 is 1.09. The van der Waals surface area contributed by atoms with Gasteiger partial charge in [-0.1, -0.05) is 0 Å². The summed E-state index contributed by atoms with van der Waals surface area (Å²) in [6, 6.07) is 3.72. The zero-order valence-corrected chi connectivity index (χ0v) is 13.1. The highest BCUT2D eigenvalue weighted by Gasteiger charge is 2.40. The molecule has 0 radical (unpaired) electrons. The minimum absolute atomic E-state index is 0.0546. The number of anilines is 2. The first-order valence-corrected chi connectivity index (χ1v) is 8.97. The third-order valence-electron chi connectivity index (χ3n) is 3.48. The molecule has 1 atom stereocenters. The number of nitrogens with one attached hydrogen (secondary N) is 1. The van der Waals surface area contributed by atoms with Crippen molar-refractivity contribution in [1.29, 1.82) is 0 Å². The normalized spacial score (nSPS) is 16.6. The van der Waals surface area contributed by atoms with E-state index >= 15 is 0 Å². The molecule has 0 amide bonds. The van der Waals surface area contributed by atoms with Gasteiger partial charge < -0.3 is 11.1 Å². The van der Waals surface area contributed by atoms with Crippen LogP contribution in [-0.4, -0.2) is 23.0 Å². The Bertz CT molecular complexity index is 739. The molecule has 8 heteroatoms. The third-order valence-corrected chi connectivity index (χ3v) is 6.73. The van der Waals surface area contributed by atoms with Gasteiger partial charge in [-0.2, -0.15) is 4.37 Å². The molecule has 0 saturated heterocycles. The molecule has 1 unspecified atom stereocenters. The highest BCUT2D eigenvalue weighted by Crippen LogP contribution is 2.41. The van der Waals surface area contributed by atoms with Gasteiger partial charge in [0.05, 0.1) is 5.25 Å². The average Bonchev–Trinajstić information content (AvgIpc) is 3.25. The second kappa shape index (κ2) is 5.27. The van der Waals surface area contributed by atoms with E-state index in [0.29, 0.717) is 17.8 Å². The zero-order chi connectivity index (χ0) is 15.0. The summed E-state index contributed by atoms with van der Waals surface area (Å²) < 4.78 is 28.9. The number of hydrogen-bond acceptors (Lipinski definition) is 7. The molecule has 3 rings (SSSR count). The molecule has 0 spiro atoms. The number of pyridine rings is 1. The Morgan fingerprint density at radius 2 is 2.05 bits per heavy atom. The summed E-state index contributed by atoms with van der Waals surface area (Å²) in [5.74, 6) is 0.0938. The van der Waals surface area contributed by atoms with Crippen LogP contribution in [0, 0.1) is 0 Å². The van der Waals surface area contributed by atoms with Crippen molar-refractivity contribution in [2.45, 2.75) is 36.0 Å².